The summed E-state index contributed by atoms with van der Waals surface area (Å²) < 4.78 is 37.9. The van der Waals surface area contributed by atoms with Gasteiger partial charge < -0.3 is 5.32 Å². The van der Waals surface area contributed by atoms with Crippen LogP contribution < -0.4 is 5.32 Å². The fraction of sp³-hybridized carbons (Fsp3) is 0.385. The normalized spacial score (nSPS) is 11.2. The first-order valence-electron chi connectivity index (χ1n) is 5.35. The van der Waals surface area contributed by atoms with Crippen LogP contribution in [0.25, 0.3) is 0 Å². The summed E-state index contributed by atoms with van der Waals surface area (Å²) in [5, 5.41) is 2.95. The van der Waals surface area contributed by atoms with Gasteiger partial charge in [0.1, 0.15) is 0 Å². The lowest BCUT2D eigenvalue weighted by atomic mass is 10.1. The Morgan fingerprint density at radius 1 is 1.24 bits per heavy atom. The summed E-state index contributed by atoms with van der Waals surface area (Å²) in [5.41, 5.74) is -0.315. The monoisotopic (exact) mass is 241 g/mol. The van der Waals surface area contributed by atoms with Crippen LogP contribution in [0.2, 0.25) is 0 Å². The highest BCUT2D eigenvalue weighted by Gasteiger charge is 2.32. The average molecular weight is 241 g/mol. The second-order valence-electron chi connectivity index (χ2n) is 3.64. The largest absolute Gasteiger partial charge is 0.416 e. The summed E-state index contributed by atoms with van der Waals surface area (Å²) >= 11 is 0. The van der Waals surface area contributed by atoms with E-state index in [4.69, 9.17) is 6.42 Å². The van der Waals surface area contributed by atoms with Gasteiger partial charge in [0.2, 0.25) is 0 Å². The molecule has 0 aromatic heterocycles. The van der Waals surface area contributed by atoms with Crippen molar-refractivity contribution in [3.8, 4) is 12.3 Å². The van der Waals surface area contributed by atoms with E-state index in [1.54, 1.807) is 6.07 Å². The second kappa shape index (κ2) is 6.31. The third-order valence-corrected chi connectivity index (χ3v) is 2.31. The van der Waals surface area contributed by atoms with Crippen LogP contribution in [0, 0.1) is 12.3 Å². The second-order valence-corrected chi connectivity index (χ2v) is 3.64. The zero-order valence-electron chi connectivity index (χ0n) is 9.35. The van der Waals surface area contributed by atoms with Crippen LogP contribution in [0.3, 0.4) is 0 Å². The summed E-state index contributed by atoms with van der Waals surface area (Å²) in [5.74, 6) is 2.48. The molecule has 0 unspecified atom stereocenters. The molecule has 1 aromatic rings. The van der Waals surface area contributed by atoms with Crippen LogP contribution in [-0.4, -0.2) is 6.54 Å². The lowest BCUT2D eigenvalue weighted by Crippen LogP contribution is -2.18. The molecule has 0 saturated heterocycles. The van der Waals surface area contributed by atoms with Crippen LogP contribution in [-0.2, 0) is 12.7 Å². The maximum atomic E-state index is 12.6. The standard InChI is InChI=1S/C13H14F3N/c1-2-3-6-9-17-10-11-7-4-5-8-12(11)13(14,15)16/h1,4-5,7-8,17H,3,6,9-10H2. The molecule has 0 spiro atoms. The van der Waals surface area contributed by atoms with E-state index in [1.165, 1.54) is 12.1 Å². The molecule has 0 bridgehead atoms. The van der Waals surface area contributed by atoms with Gasteiger partial charge in [0.25, 0.3) is 0 Å². The molecule has 0 aliphatic heterocycles. The lowest BCUT2D eigenvalue weighted by molar-refractivity contribution is -0.138. The summed E-state index contributed by atoms with van der Waals surface area (Å²) in [7, 11) is 0. The third-order valence-electron chi connectivity index (χ3n) is 2.31. The summed E-state index contributed by atoms with van der Waals surface area (Å²) in [6.07, 6.45) is 2.18. The number of terminal acetylenes is 1. The van der Waals surface area contributed by atoms with Crippen LogP contribution >= 0.6 is 0 Å². The van der Waals surface area contributed by atoms with Crippen molar-refractivity contribution in [2.75, 3.05) is 6.54 Å². The number of benzene rings is 1. The molecule has 1 N–H and O–H groups in total. The van der Waals surface area contributed by atoms with Gasteiger partial charge in [-0.2, -0.15) is 13.2 Å². The molecular weight excluding hydrogens is 227 g/mol. The number of nitrogens with one attached hydrogen (secondary N) is 1. The van der Waals surface area contributed by atoms with E-state index in [9.17, 15) is 13.2 Å². The summed E-state index contributed by atoms with van der Waals surface area (Å²) in [6.45, 7) is 0.830. The van der Waals surface area contributed by atoms with Crippen molar-refractivity contribution in [2.45, 2.75) is 25.6 Å². The van der Waals surface area contributed by atoms with Crippen molar-refractivity contribution in [3.05, 3.63) is 35.4 Å². The number of unbranched alkanes of at least 4 members (excludes halogenated alkanes) is 1. The fourth-order valence-electron chi connectivity index (χ4n) is 1.49. The molecule has 17 heavy (non-hydrogen) atoms. The van der Waals surface area contributed by atoms with E-state index >= 15 is 0 Å². The van der Waals surface area contributed by atoms with Gasteiger partial charge in [-0.15, -0.1) is 12.3 Å². The Kier molecular flexibility index (Phi) is 5.05. The van der Waals surface area contributed by atoms with E-state index in [0.29, 0.717) is 13.0 Å². The van der Waals surface area contributed by atoms with Gasteiger partial charge in [-0.25, -0.2) is 0 Å². The minimum absolute atomic E-state index is 0.209. The van der Waals surface area contributed by atoms with Gasteiger partial charge in [-0.05, 0) is 24.6 Å². The smallest absolute Gasteiger partial charge is 0.313 e. The molecule has 0 atom stereocenters. The van der Waals surface area contributed by atoms with E-state index in [0.717, 1.165) is 12.5 Å². The molecule has 4 heteroatoms. The van der Waals surface area contributed by atoms with Crippen LogP contribution in [0.5, 0.6) is 0 Å². The SMILES string of the molecule is C#CCCCNCc1ccccc1C(F)(F)F. The highest BCUT2D eigenvalue weighted by molar-refractivity contribution is 5.29. The van der Waals surface area contributed by atoms with Crippen molar-refractivity contribution in [2.24, 2.45) is 0 Å². The number of hydrogen-bond donors (Lipinski definition) is 1. The Morgan fingerprint density at radius 2 is 1.94 bits per heavy atom. The van der Waals surface area contributed by atoms with Gasteiger partial charge in [-0.3, -0.25) is 0 Å². The van der Waals surface area contributed by atoms with Crippen molar-refractivity contribution in [3.63, 3.8) is 0 Å². The molecule has 0 aliphatic carbocycles. The molecule has 0 radical (unpaired) electrons. The molecule has 0 aliphatic rings. The van der Waals surface area contributed by atoms with Gasteiger partial charge in [0.05, 0.1) is 5.56 Å². The van der Waals surface area contributed by atoms with E-state index < -0.39 is 11.7 Å². The zero-order chi connectivity index (χ0) is 12.7. The maximum absolute atomic E-state index is 12.6. The first-order valence-corrected chi connectivity index (χ1v) is 5.35. The van der Waals surface area contributed by atoms with Crippen molar-refractivity contribution in [1.29, 1.82) is 0 Å². The highest BCUT2D eigenvalue weighted by atomic mass is 19.4. The quantitative estimate of drug-likeness (QED) is 0.616. The lowest BCUT2D eigenvalue weighted by Gasteiger charge is -2.12. The van der Waals surface area contributed by atoms with Gasteiger partial charge >= 0.3 is 6.18 Å². The first-order chi connectivity index (χ1) is 8.05. The Hall–Kier alpha value is -1.47. The molecule has 1 rings (SSSR count). The Balaban J connectivity index is 2.56. The van der Waals surface area contributed by atoms with Gasteiger partial charge in [-0.1, -0.05) is 18.2 Å². The Labute approximate surface area is 99.0 Å². The van der Waals surface area contributed by atoms with Gasteiger partial charge in [0, 0.05) is 13.0 Å². The average Bonchev–Trinajstić information content (AvgIpc) is 2.28. The fourth-order valence-corrected chi connectivity index (χ4v) is 1.49. The summed E-state index contributed by atoms with van der Waals surface area (Å²) in [4.78, 5) is 0. The minimum Gasteiger partial charge on any atom is -0.313 e. The van der Waals surface area contributed by atoms with Crippen molar-refractivity contribution in [1.82, 2.24) is 5.32 Å². The predicted octanol–water partition coefficient (Wildman–Crippen LogP) is 3.21. The van der Waals surface area contributed by atoms with E-state index in [1.807, 2.05) is 0 Å². The molecule has 92 valence electrons. The first kappa shape index (κ1) is 13.6. The van der Waals surface area contributed by atoms with Gasteiger partial charge in [0.15, 0.2) is 0 Å². The molecule has 1 nitrogen and oxygen atoms in total. The van der Waals surface area contributed by atoms with Crippen molar-refractivity contribution < 1.29 is 13.2 Å². The van der Waals surface area contributed by atoms with Crippen LogP contribution in [0.15, 0.2) is 24.3 Å². The number of halogens is 3. The third kappa shape index (κ3) is 4.49. The number of hydrogen-bond acceptors (Lipinski definition) is 1. The summed E-state index contributed by atoms with van der Waals surface area (Å²) in [6, 6.07) is 5.58. The molecule has 1 aromatic carbocycles. The Bertz CT molecular complexity index is 390. The molecule has 0 heterocycles. The topological polar surface area (TPSA) is 12.0 Å². The van der Waals surface area contributed by atoms with Crippen molar-refractivity contribution >= 4 is 0 Å². The predicted molar refractivity (Wildman–Crippen MR) is 61.2 cm³/mol. The molecule has 0 amide bonds. The Morgan fingerprint density at radius 3 is 2.59 bits per heavy atom. The minimum atomic E-state index is -4.29. The number of rotatable bonds is 5. The maximum Gasteiger partial charge on any atom is 0.416 e. The molecular formula is C13H14F3N. The van der Waals surface area contributed by atoms with Crippen LogP contribution in [0.1, 0.15) is 24.0 Å². The highest BCUT2D eigenvalue weighted by Crippen LogP contribution is 2.31. The van der Waals surface area contributed by atoms with Crippen LogP contribution in [0.4, 0.5) is 13.2 Å². The number of alkyl halides is 3. The molecule has 0 fully saturated rings. The van der Waals surface area contributed by atoms with E-state index in [-0.39, 0.29) is 12.1 Å². The zero-order valence-corrected chi connectivity index (χ0v) is 9.35. The van der Waals surface area contributed by atoms with E-state index in [2.05, 4.69) is 11.2 Å². The molecule has 0 saturated carbocycles.